The predicted molar refractivity (Wildman–Crippen MR) is 120 cm³/mol. The van der Waals surface area contributed by atoms with Gasteiger partial charge in [0.25, 0.3) is 5.91 Å². The van der Waals surface area contributed by atoms with E-state index in [0.29, 0.717) is 30.0 Å². The van der Waals surface area contributed by atoms with Crippen molar-refractivity contribution in [2.45, 2.75) is 26.2 Å². The van der Waals surface area contributed by atoms with Gasteiger partial charge in [-0.25, -0.2) is 4.79 Å². The van der Waals surface area contributed by atoms with E-state index in [4.69, 9.17) is 4.74 Å². The number of methoxy groups -OCH3 is 1. The van der Waals surface area contributed by atoms with Crippen molar-refractivity contribution < 1.29 is 23.9 Å². The maximum Gasteiger partial charge on any atom is 0.339 e. The van der Waals surface area contributed by atoms with Crippen LogP contribution < -0.4 is 10.6 Å². The van der Waals surface area contributed by atoms with E-state index >= 15 is 0 Å². The fraction of sp³-hybridized carbons (Fsp3) is 0.333. The number of likely N-dealkylation sites (tertiary alicyclic amines) is 1. The van der Waals surface area contributed by atoms with Gasteiger partial charge in [0.05, 0.1) is 24.3 Å². The molecular formula is C24H27N3O5. The van der Waals surface area contributed by atoms with Gasteiger partial charge in [0.2, 0.25) is 11.8 Å². The number of carbonyl (C=O) groups excluding carboxylic acids is 4. The molecule has 1 unspecified atom stereocenters. The van der Waals surface area contributed by atoms with Crippen LogP contribution in [0, 0.1) is 5.92 Å². The number of hydrogen-bond acceptors (Lipinski definition) is 5. The number of hydrogen-bond donors (Lipinski definition) is 2. The molecule has 1 aliphatic heterocycles. The van der Waals surface area contributed by atoms with Crippen LogP contribution in [-0.4, -0.2) is 48.8 Å². The van der Waals surface area contributed by atoms with Crippen LogP contribution in [0.4, 0.5) is 11.4 Å². The van der Waals surface area contributed by atoms with Gasteiger partial charge in [-0.05, 0) is 42.8 Å². The predicted octanol–water partition coefficient (Wildman–Crippen LogP) is 3.31. The Labute approximate surface area is 186 Å². The van der Waals surface area contributed by atoms with Crippen LogP contribution in [0.15, 0.2) is 48.5 Å². The molecule has 0 bridgehead atoms. The Morgan fingerprint density at radius 2 is 1.78 bits per heavy atom. The van der Waals surface area contributed by atoms with Crippen molar-refractivity contribution in [2.24, 2.45) is 5.92 Å². The number of benzene rings is 2. The molecule has 1 saturated heterocycles. The van der Waals surface area contributed by atoms with E-state index < -0.39 is 11.9 Å². The first-order valence-electron chi connectivity index (χ1n) is 10.6. The summed E-state index contributed by atoms with van der Waals surface area (Å²) in [5.74, 6) is -1.51. The fourth-order valence-corrected chi connectivity index (χ4v) is 3.54. The van der Waals surface area contributed by atoms with Crippen molar-refractivity contribution in [3.05, 3.63) is 59.7 Å². The number of anilines is 2. The number of nitrogens with one attached hydrogen (secondary N) is 2. The summed E-state index contributed by atoms with van der Waals surface area (Å²) in [6, 6.07) is 13.0. The summed E-state index contributed by atoms with van der Waals surface area (Å²) in [4.78, 5) is 50.8. The van der Waals surface area contributed by atoms with Crippen molar-refractivity contribution in [1.29, 1.82) is 0 Å². The lowest BCUT2D eigenvalue weighted by molar-refractivity contribution is -0.128. The first-order chi connectivity index (χ1) is 15.4. The van der Waals surface area contributed by atoms with Crippen LogP contribution in [0.5, 0.6) is 0 Å². The quantitative estimate of drug-likeness (QED) is 0.617. The summed E-state index contributed by atoms with van der Waals surface area (Å²) >= 11 is 0. The molecule has 1 heterocycles. The Morgan fingerprint density at radius 3 is 2.47 bits per heavy atom. The molecule has 8 nitrogen and oxygen atoms in total. The number of unbranched alkanes of at least 4 members (excludes halogenated alkanes) is 1. The molecule has 1 aliphatic rings. The van der Waals surface area contributed by atoms with E-state index in [1.807, 2.05) is 0 Å². The van der Waals surface area contributed by atoms with Crippen LogP contribution in [-0.2, 0) is 14.3 Å². The highest BCUT2D eigenvalue weighted by Gasteiger charge is 2.33. The Balaban J connectivity index is 1.60. The number of ether oxygens (including phenoxy) is 1. The number of rotatable bonds is 8. The van der Waals surface area contributed by atoms with Gasteiger partial charge in [-0.1, -0.05) is 25.5 Å². The third kappa shape index (κ3) is 5.51. The van der Waals surface area contributed by atoms with E-state index in [9.17, 15) is 19.2 Å². The van der Waals surface area contributed by atoms with Crippen molar-refractivity contribution in [1.82, 2.24) is 4.90 Å². The normalized spacial score (nSPS) is 15.4. The van der Waals surface area contributed by atoms with E-state index in [1.165, 1.54) is 7.11 Å². The molecular weight excluding hydrogens is 410 g/mol. The third-order valence-electron chi connectivity index (χ3n) is 5.36. The van der Waals surface area contributed by atoms with Crippen molar-refractivity contribution >= 4 is 35.1 Å². The zero-order valence-electron chi connectivity index (χ0n) is 18.2. The Morgan fingerprint density at radius 1 is 1.06 bits per heavy atom. The minimum Gasteiger partial charge on any atom is -0.465 e. The molecule has 2 aromatic rings. The van der Waals surface area contributed by atoms with E-state index in [1.54, 1.807) is 53.4 Å². The lowest BCUT2D eigenvalue weighted by Gasteiger charge is -2.16. The second-order valence-corrected chi connectivity index (χ2v) is 7.65. The summed E-state index contributed by atoms with van der Waals surface area (Å²) in [6.07, 6.45) is 2.14. The van der Waals surface area contributed by atoms with Crippen LogP contribution in [0.25, 0.3) is 0 Å². The zero-order chi connectivity index (χ0) is 23.1. The van der Waals surface area contributed by atoms with Gasteiger partial charge in [0.15, 0.2) is 0 Å². The first-order valence-corrected chi connectivity index (χ1v) is 10.6. The van der Waals surface area contributed by atoms with Crippen molar-refractivity contribution in [2.75, 3.05) is 30.8 Å². The molecule has 3 rings (SSSR count). The highest BCUT2D eigenvalue weighted by atomic mass is 16.5. The number of nitrogens with zero attached hydrogens (tertiary/aromatic N) is 1. The standard InChI is InChI=1S/C24H27N3O5/c1-3-4-13-27-15-17(14-21(27)28)23(30)25-18-11-9-16(10-12-18)22(29)26-20-8-6-5-7-19(20)24(31)32-2/h5-12,17H,3-4,13-15H2,1-2H3,(H,25,30)(H,26,29). The van der Waals surface area contributed by atoms with Crippen LogP contribution >= 0.6 is 0 Å². The molecule has 0 radical (unpaired) electrons. The van der Waals surface area contributed by atoms with Crippen LogP contribution in [0.2, 0.25) is 0 Å². The minimum absolute atomic E-state index is 0.0119. The Kier molecular flexibility index (Phi) is 7.59. The SMILES string of the molecule is CCCCN1CC(C(=O)Nc2ccc(C(=O)Nc3ccccc3C(=O)OC)cc2)CC1=O. The second kappa shape index (κ2) is 10.6. The molecule has 3 amide bonds. The largest absolute Gasteiger partial charge is 0.465 e. The molecule has 8 heteroatoms. The van der Waals surface area contributed by atoms with Crippen molar-refractivity contribution in [3.63, 3.8) is 0 Å². The van der Waals surface area contributed by atoms with Gasteiger partial charge in [0, 0.05) is 30.8 Å². The lowest BCUT2D eigenvalue weighted by Crippen LogP contribution is -2.29. The molecule has 1 atom stereocenters. The van der Waals surface area contributed by atoms with E-state index in [0.717, 1.165) is 12.8 Å². The van der Waals surface area contributed by atoms with Gasteiger partial charge in [-0.2, -0.15) is 0 Å². The Hall–Kier alpha value is -3.68. The minimum atomic E-state index is -0.544. The maximum absolute atomic E-state index is 12.6. The summed E-state index contributed by atoms with van der Waals surface area (Å²) in [5.41, 5.74) is 1.51. The summed E-state index contributed by atoms with van der Waals surface area (Å²) in [5, 5.41) is 5.52. The maximum atomic E-state index is 12.6. The molecule has 0 saturated carbocycles. The van der Waals surface area contributed by atoms with Gasteiger partial charge < -0.3 is 20.3 Å². The smallest absolute Gasteiger partial charge is 0.339 e. The van der Waals surface area contributed by atoms with Gasteiger partial charge in [-0.3, -0.25) is 14.4 Å². The monoisotopic (exact) mass is 437 g/mol. The molecule has 2 aromatic carbocycles. The topological polar surface area (TPSA) is 105 Å². The number of amides is 3. The molecule has 32 heavy (non-hydrogen) atoms. The number of esters is 1. The van der Waals surface area contributed by atoms with Crippen LogP contribution in [0.1, 0.15) is 46.9 Å². The summed E-state index contributed by atoms with van der Waals surface area (Å²) in [6.45, 7) is 3.18. The summed E-state index contributed by atoms with van der Waals surface area (Å²) < 4.78 is 4.74. The molecule has 1 fully saturated rings. The number of para-hydroxylation sites is 1. The Bertz CT molecular complexity index is 1000. The average molecular weight is 437 g/mol. The van der Waals surface area contributed by atoms with E-state index in [2.05, 4.69) is 17.6 Å². The molecule has 0 aliphatic carbocycles. The van der Waals surface area contributed by atoms with Gasteiger partial charge >= 0.3 is 5.97 Å². The van der Waals surface area contributed by atoms with Crippen LogP contribution in [0.3, 0.4) is 0 Å². The molecule has 0 aromatic heterocycles. The highest BCUT2D eigenvalue weighted by molar-refractivity contribution is 6.08. The number of carbonyl (C=O) groups is 4. The van der Waals surface area contributed by atoms with Crippen molar-refractivity contribution in [3.8, 4) is 0 Å². The van der Waals surface area contributed by atoms with Gasteiger partial charge in [-0.15, -0.1) is 0 Å². The molecule has 168 valence electrons. The zero-order valence-corrected chi connectivity index (χ0v) is 18.2. The summed E-state index contributed by atoms with van der Waals surface area (Å²) in [7, 11) is 1.28. The van der Waals surface area contributed by atoms with E-state index in [-0.39, 0.29) is 29.7 Å². The lowest BCUT2D eigenvalue weighted by atomic mass is 10.1. The highest BCUT2D eigenvalue weighted by Crippen LogP contribution is 2.21. The van der Waals surface area contributed by atoms with Gasteiger partial charge in [0.1, 0.15) is 0 Å². The first kappa shape index (κ1) is 23.0. The third-order valence-corrected chi connectivity index (χ3v) is 5.36. The molecule has 2 N–H and O–H groups in total. The fourth-order valence-electron chi connectivity index (χ4n) is 3.54. The molecule has 0 spiro atoms. The average Bonchev–Trinajstić information content (AvgIpc) is 3.18. The second-order valence-electron chi connectivity index (χ2n) is 7.65.